The van der Waals surface area contributed by atoms with E-state index in [9.17, 15) is 0 Å². The topological polar surface area (TPSA) is 36.9 Å². The Morgan fingerprint density at radius 3 is 2.68 bits per heavy atom. The highest BCUT2D eigenvalue weighted by molar-refractivity contribution is 5.80. The van der Waals surface area contributed by atoms with E-state index in [4.69, 9.17) is 9.73 Å². The third-order valence-electron chi connectivity index (χ3n) is 4.03. The Morgan fingerprint density at radius 1 is 1.27 bits per heavy atom. The van der Waals surface area contributed by atoms with E-state index in [0.29, 0.717) is 19.8 Å². The van der Waals surface area contributed by atoms with Gasteiger partial charge in [-0.25, -0.2) is 0 Å². The Bertz CT molecular complexity index is 439. The van der Waals surface area contributed by atoms with Crippen LogP contribution < -0.4 is 5.32 Å². The van der Waals surface area contributed by atoms with Gasteiger partial charge in [-0.2, -0.15) is 0 Å². The Hall–Kier alpha value is -1.55. The first-order valence-electron chi connectivity index (χ1n) is 8.44. The summed E-state index contributed by atoms with van der Waals surface area (Å²) in [6, 6.07) is 10.3. The van der Waals surface area contributed by atoms with E-state index in [1.807, 2.05) is 18.2 Å². The minimum atomic E-state index is 0.661. The molecule has 22 heavy (non-hydrogen) atoms. The van der Waals surface area contributed by atoms with Gasteiger partial charge < -0.3 is 15.0 Å². The van der Waals surface area contributed by atoms with Crippen LogP contribution in [0.4, 0.5) is 0 Å². The van der Waals surface area contributed by atoms with Gasteiger partial charge in [0.25, 0.3) is 0 Å². The molecule has 0 spiro atoms. The SMILES string of the molecule is CCNC(=NCCOCc1ccccc1)N1CCC(C)CC1. The summed E-state index contributed by atoms with van der Waals surface area (Å²) in [7, 11) is 0. The van der Waals surface area contributed by atoms with Crippen molar-refractivity contribution in [3.05, 3.63) is 35.9 Å². The van der Waals surface area contributed by atoms with Crippen LogP contribution in [0, 0.1) is 5.92 Å². The zero-order valence-corrected chi connectivity index (χ0v) is 13.9. The fraction of sp³-hybridized carbons (Fsp3) is 0.611. The summed E-state index contributed by atoms with van der Waals surface area (Å²) >= 11 is 0. The Balaban J connectivity index is 1.73. The monoisotopic (exact) mass is 303 g/mol. The molecule has 0 aromatic heterocycles. The lowest BCUT2D eigenvalue weighted by atomic mass is 10.00. The van der Waals surface area contributed by atoms with E-state index in [0.717, 1.165) is 31.5 Å². The number of benzene rings is 1. The molecule has 1 aliphatic heterocycles. The molecule has 0 aliphatic carbocycles. The van der Waals surface area contributed by atoms with Crippen molar-refractivity contribution in [2.45, 2.75) is 33.3 Å². The summed E-state index contributed by atoms with van der Waals surface area (Å²) in [6.45, 7) is 9.61. The molecule has 0 saturated carbocycles. The van der Waals surface area contributed by atoms with Crippen molar-refractivity contribution < 1.29 is 4.74 Å². The zero-order chi connectivity index (χ0) is 15.6. The maximum absolute atomic E-state index is 5.70. The summed E-state index contributed by atoms with van der Waals surface area (Å²) in [5.41, 5.74) is 1.21. The second kappa shape index (κ2) is 9.46. The lowest BCUT2D eigenvalue weighted by Crippen LogP contribution is -2.45. The molecule has 4 heteroatoms. The first-order valence-corrected chi connectivity index (χ1v) is 8.44. The summed E-state index contributed by atoms with van der Waals surface area (Å²) in [5, 5.41) is 3.40. The average molecular weight is 303 g/mol. The molecule has 0 amide bonds. The number of hydrogen-bond acceptors (Lipinski definition) is 2. The highest BCUT2D eigenvalue weighted by Gasteiger charge is 2.18. The van der Waals surface area contributed by atoms with Gasteiger partial charge in [0, 0.05) is 19.6 Å². The molecular weight excluding hydrogens is 274 g/mol. The Morgan fingerprint density at radius 2 is 2.00 bits per heavy atom. The van der Waals surface area contributed by atoms with Gasteiger partial charge in [0.2, 0.25) is 0 Å². The van der Waals surface area contributed by atoms with Crippen molar-refractivity contribution in [3.8, 4) is 0 Å². The first-order chi connectivity index (χ1) is 10.8. The number of ether oxygens (including phenoxy) is 1. The highest BCUT2D eigenvalue weighted by atomic mass is 16.5. The summed E-state index contributed by atoms with van der Waals surface area (Å²) < 4.78 is 5.70. The van der Waals surface area contributed by atoms with Gasteiger partial charge >= 0.3 is 0 Å². The number of nitrogens with zero attached hydrogens (tertiary/aromatic N) is 2. The smallest absolute Gasteiger partial charge is 0.193 e. The minimum absolute atomic E-state index is 0.661. The van der Waals surface area contributed by atoms with E-state index in [2.05, 4.69) is 36.2 Å². The largest absolute Gasteiger partial charge is 0.375 e. The zero-order valence-electron chi connectivity index (χ0n) is 13.9. The van der Waals surface area contributed by atoms with Crippen LogP contribution >= 0.6 is 0 Å². The number of piperidine rings is 1. The van der Waals surface area contributed by atoms with Crippen LogP contribution in [0.5, 0.6) is 0 Å². The third-order valence-corrected chi connectivity index (χ3v) is 4.03. The first kappa shape index (κ1) is 16.8. The van der Waals surface area contributed by atoms with Gasteiger partial charge in [0.05, 0.1) is 19.8 Å². The normalized spacial score (nSPS) is 16.8. The number of rotatable bonds is 6. The fourth-order valence-electron chi connectivity index (χ4n) is 2.63. The number of likely N-dealkylation sites (tertiary alicyclic amines) is 1. The average Bonchev–Trinajstić information content (AvgIpc) is 2.55. The van der Waals surface area contributed by atoms with Crippen molar-refractivity contribution in [2.24, 2.45) is 10.9 Å². The van der Waals surface area contributed by atoms with Gasteiger partial charge in [-0.15, -0.1) is 0 Å². The molecule has 2 rings (SSSR count). The van der Waals surface area contributed by atoms with Gasteiger partial charge in [-0.3, -0.25) is 4.99 Å². The molecule has 1 heterocycles. The quantitative estimate of drug-likeness (QED) is 0.499. The minimum Gasteiger partial charge on any atom is -0.375 e. The summed E-state index contributed by atoms with van der Waals surface area (Å²) in [6.07, 6.45) is 2.52. The van der Waals surface area contributed by atoms with E-state index in [1.54, 1.807) is 0 Å². The maximum atomic E-state index is 5.70. The molecule has 4 nitrogen and oxygen atoms in total. The third kappa shape index (κ3) is 5.68. The molecule has 0 radical (unpaired) electrons. The molecule has 1 aliphatic rings. The molecule has 1 N–H and O–H groups in total. The van der Waals surface area contributed by atoms with Crippen molar-refractivity contribution >= 4 is 5.96 Å². The Labute approximate surface area is 134 Å². The standard InChI is InChI=1S/C18H29N3O/c1-3-19-18(21-12-9-16(2)10-13-21)20-11-14-22-15-17-7-5-4-6-8-17/h4-8,16H,3,9-15H2,1-2H3,(H,19,20). The molecule has 1 saturated heterocycles. The van der Waals surface area contributed by atoms with Crippen LogP contribution in [0.15, 0.2) is 35.3 Å². The second-order valence-electron chi connectivity index (χ2n) is 5.94. The van der Waals surface area contributed by atoms with E-state index in [1.165, 1.54) is 18.4 Å². The van der Waals surface area contributed by atoms with Crippen molar-refractivity contribution in [1.82, 2.24) is 10.2 Å². The molecular formula is C18H29N3O. The van der Waals surface area contributed by atoms with Crippen molar-refractivity contribution in [3.63, 3.8) is 0 Å². The van der Waals surface area contributed by atoms with Crippen LogP contribution in [0.2, 0.25) is 0 Å². The summed E-state index contributed by atoms with van der Waals surface area (Å²) in [5.74, 6) is 1.88. The molecule has 1 fully saturated rings. The number of hydrogen-bond donors (Lipinski definition) is 1. The molecule has 0 unspecified atom stereocenters. The Kier molecular flexibility index (Phi) is 7.23. The number of nitrogens with one attached hydrogen (secondary N) is 1. The lowest BCUT2D eigenvalue weighted by Gasteiger charge is -2.33. The lowest BCUT2D eigenvalue weighted by molar-refractivity contribution is 0.128. The van der Waals surface area contributed by atoms with E-state index in [-0.39, 0.29) is 0 Å². The van der Waals surface area contributed by atoms with Crippen LogP contribution in [-0.2, 0) is 11.3 Å². The molecule has 1 aromatic rings. The van der Waals surface area contributed by atoms with Crippen LogP contribution in [0.25, 0.3) is 0 Å². The molecule has 1 aromatic carbocycles. The van der Waals surface area contributed by atoms with Gasteiger partial charge in [-0.1, -0.05) is 37.3 Å². The van der Waals surface area contributed by atoms with Crippen LogP contribution in [0.1, 0.15) is 32.3 Å². The predicted molar refractivity (Wildman–Crippen MR) is 92.0 cm³/mol. The van der Waals surface area contributed by atoms with E-state index < -0.39 is 0 Å². The predicted octanol–water partition coefficient (Wildman–Crippen LogP) is 2.90. The molecule has 0 atom stereocenters. The second-order valence-corrected chi connectivity index (χ2v) is 5.94. The van der Waals surface area contributed by atoms with Gasteiger partial charge in [0.15, 0.2) is 5.96 Å². The molecule has 0 bridgehead atoms. The van der Waals surface area contributed by atoms with Crippen LogP contribution in [-0.4, -0.2) is 43.6 Å². The molecule has 122 valence electrons. The highest BCUT2D eigenvalue weighted by Crippen LogP contribution is 2.15. The van der Waals surface area contributed by atoms with Crippen LogP contribution in [0.3, 0.4) is 0 Å². The fourth-order valence-corrected chi connectivity index (χ4v) is 2.63. The maximum Gasteiger partial charge on any atom is 0.193 e. The van der Waals surface area contributed by atoms with Crippen molar-refractivity contribution in [1.29, 1.82) is 0 Å². The number of aliphatic imine (C=N–C) groups is 1. The van der Waals surface area contributed by atoms with E-state index >= 15 is 0 Å². The number of guanidine groups is 1. The van der Waals surface area contributed by atoms with Gasteiger partial charge in [0.1, 0.15) is 0 Å². The summed E-state index contributed by atoms with van der Waals surface area (Å²) in [4.78, 5) is 7.08. The van der Waals surface area contributed by atoms with Gasteiger partial charge in [-0.05, 0) is 31.2 Å². The van der Waals surface area contributed by atoms with Crippen molar-refractivity contribution in [2.75, 3.05) is 32.8 Å².